The van der Waals surface area contributed by atoms with Crippen molar-refractivity contribution >= 4 is 63.3 Å². The monoisotopic (exact) mass is 538 g/mol. The van der Waals surface area contributed by atoms with Crippen LogP contribution in [0.3, 0.4) is 0 Å². The molecule has 0 aliphatic carbocycles. The van der Waals surface area contributed by atoms with E-state index < -0.39 is 0 Å². The molecule has 2 atom stereocenters. The maximum absolute atomic E-state index is 4.36. The van der Waals surface area contributed by atoms with E-state index in [1.54, 1.807) is 0 Å². The van der Waals surface area contributed by atoms with Crippen LogP contribution in [-0.2, 0) is 0 Å². The Labute approximate surface area is 181 Å². The summed E-state index contributed by atoms with van der Waals surface area (Å²) in [5, 5.41) is 7.75. The number of aliphatic imine (C=N–C) groups is 1. The Kier molecular flexibility index (Phi) is 9.20. The van der Waals surface area contributed by atoms with Crippen LogP contribution in [0.2, 0.25) is 0 Å². The maximum Gasteiger partial charge on any atom is 0.191 e. The van der Waals surface area contributed by atoms with Gasteiger partial charge in [-0.1, -0.05) is 15.9 Å². The maximum atomic E-state index is 4.36. The molecule has 0 amide bonds. The first kappa shape index (κ1) is 21.2. The number of nitrogens with one attached hydrogen (secondary N) is 2. The highest BCUT2D eigenvalue weighted by molar-refractivity contribution is 14.0. The fourth-order valence-electron chi connectivity index (χ4n) is 3.36. The van der Waals surface area contributed by atoms with E-state index in [-0.39, 0.29) is 24.0 Å². The number of thioether (sulfide) groups is 1. The van der Waals surface area contributed by atoms with Gasteiger partial charge in [-0.15, -0.1) is 24.0 Å². The second-order valence-corrected chi connectivity index (χ2v) is 8.87. The number of hydrogen-bond donors (Lipinski definition) is 2. The minimum Gasteiger partial charge on any atom is -0.371 e. The van der Waals surface area contributed by atoms with E-state index in [0.29, 0.717) is 5.92 Å². The van der Waals surface area contributed by atoms with Gasteiger partial charge in [-0.25, -0.2) is 0 Å². The van der Waals surface area contributed by atoms with Crippen molar-refractivity contribution < 1.29 is 0 Å². The van der Waals surface area contributed by atoms with Gasteiger partial charge < -0.3 is 15.5 Å². The second-order valence-electron chi connectivity index (χ2n) is 6.55. The predicted molar refractivity (Wildman–Crippen MR) is 125 cm³/mol. The number of benzene rings is 1. The van der Waals surface area contributed by atoms with Crippen LogP contribution in [0.4, 0.5) is 5.69 Å². The average Bonchev–Trinajstić information content (AvgIpc) is 3.27. The van der Waals surface area contributed by atoms with Gasteiger partial charge in [0.05, 0.1) is 0 Å². The van der Waals surface area contributed by atoms with E-state index in [2.05, 4.69) is 72.5 Å². The summed E-state index contributed by atoms with van der Waals surface area (Å²) in [6.45, 7) is 4.27. The van der Waals surface area contributed by atoms with Gasteiger partial charge in [0.1, 0.15) is 0 Å². The first-order chi connectivity index (χ1) is 11.7. The highest BCUT2D eigenvalue weighted by Crippen LogP contribution is 2.26. The van der Waals surface area contributed by atoms with Gasteiger partial charge >= 0.3 is 0 Å². The number of guanidine groups is 1. The standard InChI is InChI=1S/C18H27BrN4S.HI/c1-20-18(22-12-17-3-2-10-24-17)21-11-14-8-9-23(13-14)16-6-4-15(19)5-7-16;/h4-7,14,17H,2-3,8-13H2,1H3,(H2,20,21,22);1H. The fraction of sp³-hybridized carbons (Fsp3) is 0.611. The molecule has 4 nitrogen and oxygen atoms in total. The lowest BCUT2D eigenvalue weighted by atomic mass is 10.1. The van der Waals surface area contributed by atoms with Gasteiger partial charge in [0.2, 0.25) is 0 Å². The molecule has 140 valence electrons. The van der Waals surface area contributed by atoms with Gasteiger partial charge in [0.15, 0.2) is 5.96 Å². The summed E-state index contributed by atoms with van der Waals surface area (Å²) >= 11 is 5.59. The number of halogens is 2. The van der Waals surface area contributed by atoms with Crippen molar-refractivity contribution in [3.05, 3.63) is 28.7 Å². The van der Waals surface area contributed by atoms with Gasteiger partial charge in [0, 0.05) is 48.6 Å². The van der Waals surface area contributed by atoms with E-state index in [1.165, 1.54) is 30.7 Å². The molecule has 2 fully saturated rings. The Bertz CT molecular complexity index is 549. The second kappa shape index (κ2) is 10.9. The van der Waals surface area contributed by atoms with E-state index in [9.17, 15) is 0 Å². The van der Waals surface area contributed by atoms with Crippen LogP contribution >= 0.6 is 51.7 Å². The van der Waals surface area contributed by atoms with Crippen molar-refractivity contribution in [3.8, 4) is 0 Å². The molecule has 25 heavy (non-hydrogen) atoms. The zero-order chi connectivity index (χ0) is 16.8. The molecule has 1 aromatic carbocycles. The quantitative estimate of drug-likeness (QED) is 0.338. The number of nitrogens with zero attached hydrogens (tertiary/aromatic N) is 2. The van der Waals surface area contributed by atoms with Gasteiger partial charge in [-0.3, -0.25) is 4.99 Å². The van der Waals surface area contributed by atoms with E-state index in [4.69, 9.17) is 0 Å². The molecule has 0 saturated carbocycles. The van der Waals surface area contributed by atoms with Crippen LogP contribution in [0.25, 0.3) is 0 Å². The van der Waals surface area contributed by atoms with E-state index in [0.717, 1.165) is 41.9 Å². The molecule has 2 aliphatic rings. The molecule has 2 N–H and O–H groups in total. The van der Waals surface area contributed by atoms with Crippen LogP contribution in [0.5, 0.6) is 0 Å². The predicted octanol–water partition coefficient (Wildman–Crippen LogP) is 3.95. The molecular weight excluding hydrogens is 511 g/mol. The highest BCUT2D eigenvalue weighted by atomic mass is 127. The average molecular weight is 539 g/mol. The summed E-state index contributed by atoms with van der Waals surface area (Å²) in [7, 11) is 1.86. The minimum atomic E-state index is 0. The number of rotatable bonds is 5. The summed E-state index contributed by atoms with van der Waals surface area (Å²) in [4.78, 5) is 6.84. The number of hydrogen-bond acceptors (Lipinski definition) is 3. The lowest BCUT2D eigenvalue weighted by Gasteiger charge is -2.20. The molecule has 1 aromatic rings. The topological polar surface area (TPSA) is 39.7 Å². The van der Waals surface area contributed by atoms with Crippen molar-refractivity contribution in [2.24, 2.45) is 10.9 Å². The molecular formula is C18H28BrIN4S. The Morgan fingerprint density at radius 3 is 2.68 bits per heavy atom. The minimum absolute atomic E-state index is 0. The summed E-state index contributed by atoms with van der Waals surface area (Å²) in [5.41, 5.74) is 1.32. The molecule has 0 aromatic heterocycles. The Morgan fingerprint density at radius 1 is 1.24 bits per heavy atom. The Hall–Kier alpha value is -0.150. The smallest absolute Gasteiger partial charge is 0.191 e. The summed E-state index contributed by atoms with van der Waals surface area (Å²) in [6.07, 6.45) is 3.93. The highest BCUT2D eigenvalue weighted by Gasteiger charge is 2.23. The SMILES string of the molecule is CN=C(NCC1CCN(c2ccc(Br)cc2)C1)NCC1CCCS1.I. The van der Waals surface area contributed by atoms with Crippen molar-refractivity contribution in [2.45, 2.75) is 24.5 Å². The van der Waals surface area contributed by atoms with Gasteiger partial charge in [-0.2, -0.15) is 11.8 Å². The van der Waals surface area contributed by atoms with E-state index >= 15 is 0 Å². The summed E-state index contributed by atoms with van der Waals surface area (Å²) in [5.74, 6) is 2.93. The van der Waals surface area contributed by atoms with Crippen LogP contribution in [0.15, 0.2) is 33.7 Å². The number of anilines is 1. The molecule has 2 saturated heterocycles. The van der Waals surface area contributed by atoms with Crippen molar-refractivity contribution in [1.29, 1.82) is 0 Å². The van der Waals surface area contributed by atoms with E-state index in [1.807, 2.05) is 7.05 Å². The first-order valence-corrected chi connectivity index (χ1v) is 10.7. The third-order valence-corrected chi connectivity index (χ3v) is 6.71. The zero-order valence-corrected chi connectivity index (χ0v) is 19.4. The lowest BCUT2D eigenvalue weighted by molar-refractivity contribution is 0.565. The van der Waals surface area contributed by atoms with Crippen LogP contribution < -0.4 is 15.5 Å². The third-order valence-electron chi connectivity index (χ3n) is 4.78. The normalized spacial score (nSPS) is 23.4. The molecule has 0 radical (unpaired) electrons. The van der Waals surface area contributed by atoms with Gasteiger partial charge in [0.25, 0.3) is 0 Å². The lowest BCUT2D eigenvalue weighted by Crippen LogP contribution is -2.42. The van der Waals surface area contributed by atoms with Crippen LogP contribution in [-0.4, -0.2) is 50.2 Å². The van der Waals surface area contributed by atoms with Crippen LogP contribution in [0.1, 0.15) is 19.3 Å². The molecule has 2 unspecified atom stereocenters. The third kappa shape index (κ3) is 6.50. The zero-order valence-electron chi connectivity index (χ0n) is 14.7. The van der Waals surface area contributed by atoms with Gasteiger partial charge in [-0.05, 0) is 55.2 Å². The largest absolute Gasteiger partial charge is 0.371 e. The summed E-state index contributed by atoms with van der Waals surface area (Å²) in [6, 6.07) is 8.63. The molecule has 2 aliphatic heterocycles. The first-order valence-electron chi connectivity index (χ1n) is 8.81. The van der Waals surface area contributed by atoms with Crippen LogP contribution in [0, 0.1) is 5.92 Å². The fourth-order valence-corrected chi connectivity index (χ4v) is 4.83. The molecule has 7 heteroatoms. The molecule has 0 spiro atoms. The molecule has 2 heterocycles. The molecule has 0 bridgehead atoms. The van der Waals surface area contributed by atoms with Crippen molar-refractivity contribution in [2.75, 3.05) is 43.9 Å². The van der Waals surface area contributed by atoms with Crippen molar-refractivity contribution in [3.63, 3.8) is 0 Å². The Balaban J connectivity index is 0.00000225. The summed E-state index contributed by atoms with van der Waals surface area (Å²) < 4.78 is 1.14. The Morgan fingerprint density at radius 2 is 2.00 bits per heavy atom. The van der Waals surface area contributed by atoms with Crippen molar-refractivity contribution in [1.82, 2.24) is 10.6 Å². The molecule has 3 rings (SSSR count).